The largest absolute Gasteiger partial charge is 0.469 e. The Morgan fingerprint density at radius 3 is 1.70 bits per heavy atom. The van der Waals surface area contributed by atoms with Crippen LogP contribution < -0.4 is 0 Å². The monoisotopic (exact) mass is 328 g/mol. The first-order valence-electron chi connectivity index (χ1n) is 9.95. The second-order valence-electron chi connectivity index (χ2n) is 6.80. The Bertz CT molecular complexity index is 253. The molecule has 1 unspecified atom stereocenters. The van der Waals surface area contributed by atoms with Gasteiger partial charge in [0.25, 0.3) is 0 Å². The Hall–Kier alpha value is -0.570. The molecule has 0 amide bonds. The van der Waals surface area contributed by atoms with E-state index in [0.717, 1.165) is 19.3 Å². The third-order valence-electron chi connectivity index (χ3n) is 4.54. The SMILES string of the molecule is CCCCCCCCCCCCCCC(O)CCCC(=O)OC. The normalized spacial score (nSPS) is 12.3. The predicted octanol–water partition coefficient (Wildman–Crippen LogP) is 5.78. The molecule has 3 nitrogen and oxygen atoms in total. The lowest BCUT2D eigenvalue weighted by Gasteiger charge is -2.09. The summed E-state index contributed by atoms with van der Waals surface area (Å²) in [5.41, 5.74) is 0. The Kier molecular flexibility index (Phi) is 17.3. The first-order valence-corrected chi connectivity index (χ1v) is 9.95. The van der Waals surface area contributed by atoms with Gasteiger partial charge in [-0.3, -0.25) is 4.79 Å². The van der Waals surface area contributed by atoms with Crippen LogP contribution in [0.4, 0.5) is 0 Å². The molecule has 138 valence electrons. The molecule has 23 heavy (non-hydrogen) atoms. The van der Waals surface area contributed by atoms with Crippen molar-refractivity contribution in [2.24, 2.45) is 0 Å². The molecule has 0 aromatic rings. The van der Waals surface area contributed by atoms with Gasteiger partial charge in [0.2, 0.25) is 0 Å². The lowest BCUT2D eigenvalue weighted by molar-refractivity contribution is -0.140. The number of esters is 1. The minimum Gasteiger partial charge on any atom is -0.469 e. The number of ether oxygens (including phenoxy) is 1. The Balaban J connectivity index is 3.16. The van der Waals surface area contributed by atoms with Gasteiger partial charge in [0.15, 0.2) is 0 Å². The van der Waals surface area contributed by atoms with Gasteiger partial charge in [-0.05, 0) is 19.3 Å². The molecular formula is C20H40O3. The van der Waals surface area contributed by atoms with Crippen LogP contribution >= 0.6 is 0 Å². The summed E-state index contributed by atoms with van der Waals surface area (Å²) in [4.78, 5) is 11.0. The molecule has 0 aromatic carbocycles. The molecule has 0 radical (unpaired) electrons. The number of hydrogen-bond donors (Lipinski definition) is 1. The van der Waals surface area contributed by atoms with E-state index in [-0.39, 0.29) is 12.1 Å². The average Bonchev–Trinajstić information content (AvgIpc) is 2.55. The minimum atomic E-state index is -0.247. The van der Waals surface area contributed by atoms with Gasteiger partial charge in [-0.1, -0.05) is 84.0 Å². The summed E-state index contributed by atoms with van der Waals surface area (Å²) < 4.78 is 4.59. The summed E-state index contributed by atoms with van der Waals surface area (Å²) in [6, 6.07) is 0. The number of unbranched alkanes of at least 4 members (excludes halogenated alkanes) is 11. The first-order chi connectivity index (χ1) is 11.2. The van der Waals surface area contributed by atoms with E-state index < -0.39 is 0 Å². The van der Waals surface area contributed by atoms with Gasteiger partial charge in [-0.15, -0.1) is 0 Å². The van der Waals surface area contributed by atoms with E-state index in [4.69, 9.17) is 0 Å². The number of rotatable bonds is 17. The fourth-order valence-electron chi connectivity index (χ4n) is 2.95. The number of carbonyl (C=O) groups excluding carboxylic acids is 1. The van der Waals surface area contributed by atoms with Gasteiger partial charge >= 0.3 is 5.97 Å². The van der Waals surface area contributed by atoms with Gasteiger partial charge < -0.3 is 9.84 Å². The van der Waals surface area contributed by atoms with E-state index >= 15 is 0 Å². The van der Waals surface area contributed by atoms with Crippen molar-refractivity contribution in [3.8, 4) is 0 Å². The highest BCUT2D eigenvalue weighted by Crippen LogP contribution is 2.14. The summed E-state index contributed by atoms with van der Waals surface area (Å²) >= 11 is 0. The molecule has 0 rings (SSSR count). The Labute approximate surface area is 144 Å². The van der Waals surface area contributed by atoms with Crippen LogP contribution in [0.3, 0.4) is 0 Å². The number of aliphatic hydroxyl groups excluding tert-OH is 1. The van der Waals surface area contributed by atoms with Crippen molar-refractivity contribution >= 4 is 5.97 Å². The average molecular weight is 329 g/mol. The number of hydrogen-bond acceptors (Lipinski definition) is 3. The van der Waals surface area contributed by atoms with Crippen molar-refractivity contribution in [3.63, 3.8) is 0 Å². The zero-order valence-corrected chi connectivity index (χ0v) is 15.7. The van der Waals surface area contributed by atoms with E-state index in [0.29, 0.717) is 12.8 Å². The quantitative estimate of drug-likeness (QED) is 0.272. The maximum atomic E-state index is 11.0. The molecule has 3 heteroatoms. The number of aliphatic hydroxyl groups is 1. The van der Waals surface area contributed by atoms with E-state index in [1.165, 1.54) is 77.7 Å². The minimum absolute atomic E-state index is 0.178. The predicted molar refractivity (Wildman–Crippen MR) is 97.6 cm³/mol. The Morgan fingerprint density at radius 1 is 0.783 bits per heavy atom. The molecule has 0 heterocycles. The van der Waals surface area contributed by atoms with Crippen LogP contribution in [0, 0.1) is 0 Å². The van der Waals surface area contributed by atoms with Crippen LogP contribution in [0.15, 0.2) is 0 Å². The Morgan fingerprint density at radius 2 is 1.22 bits per heavy atom. The van der Waals surface area contributed by atoms with Crippen molar-refractivity contribution in [2.75, 3.05) is 7.11 Å². The van der Waals surface area contributed by atoms with Gasteiger partial charge in [-0.25, -0.2) is 0 Å². The van der Waals surface area contributed by atoms with E-state index in [2.05, 4.69) is 11.7 Å². The summed E-state index contributed by atoms with van der Waals surface area (Å²) in [5.74, 6) is -0.178. The van der Waals surface area contributed by atoms with Crippen LogP contribution in [-0.2, 0) is 9.53 Å². The molecule has 0 aliphatic rings. The van der Waals surface area contributed by atoms with Crippen LogP contribution in [-0.4, -0.2) is 24.3 Å². The van der Waals surface area contributed by atoms with Gasteiger partial charge in [0.1, 0.15) is 0 Å². The third-order valence-corrected chi connectivity index (χ3v) is 4.54. The van der Waals surface area contributed by atoms with Crippen LogP contribution in [0.5, 0.6) is 0 Å². The van der Waals surface area contributed by atoms with Gasteiger partial charge in [0.05, 0.1) is 13.2 Å². The molecule has 0 fully saturated rings. The summed E-state index contributed by atoms with van der Waals surface area (Å²) in [6.07, 6.45) is 18.6. The lowest BCUT2D eigenvalue weighted by atomic mass is 10.0. The zero-order valence-electron chi connectivity index (χ0n) is 15.7. The van der Waals surface area contributed by atoms with Crippen molar-refractivity contribution < 1.29 is 14.6 Å². The third kappa shape index (κ3) is 17.6. The van der Waals surface area contributed by atoms with Crippen molar-refractivity contribution in [3.05, 3.63) is 0 Å². The first kappa shape index (κ1) is 22.4. The molecule has 0 saturated carbocycles. The van der Waals surface area contributed by atoms with Crippen molar-refractivity contribution in [1.82, 2.24) is 0 Å². The van der Waals surface area contributed by atoms with E-state index in [1.807, 2.05) is 0 Å². The van der Waals surface area contributed by atoms with Gasteiger partial charge in [-0.2, -0.15) is 0 Å². The van der Waals surface area contributed by atoms with Crippen LogP contribution in [0.1, 0.15) is 110 Å². The fourth-order valence-corrected chi connectivity index (χ4v) is 2.95. The topological polar surface area (TPSA) is 46.5 Å². The van der Waals surface area contributed by atoms with Gasteiger partial charge in [0, 0.05) is 6.42 Å². The van der Waals surface area contributed by atoms with Crippen LogP contribution in [0.25, 0.3) is 0 Å². The standard InChI is InChI=1S/C20H40O3/c1-3-4-5-6-7-8-9-10-11-12-13-14-16-19(21)17-15-18-20(22)23-2/h19,21H,3-18H2,1-2H3. The van der Waals surface area contributed by atoms with Crippen LogP contribution in [0.2, 0.25) is 0 Å². The number of methoxy groups -OCH3 is 1. The van der Waals surface area contributed by atoms with E-state index in [1.54, 1.807) is 0 Å². The zero-order chi connectivity index (χ0) is 17.2. The van der Waals surface area contributed by atoms with E-state index in [9.17, 15) is 9.90 Å². The molecule has 0 aliphatic carbocycles. The highest BCUT2D eigenvalue weighted by Gasteiger charge is 2.06. The highest BCUT2D eigenvalue weighted by molar-refractivity contribution is 5.68. The summed E-state index contributed by atoms with van der Waals surface area (Å²) in [7, 11) is 1.41. The second-order valence-corrected chi connectivity index (χ2v) is 6.80. The summed E-state index contributed by atoms with van der Waals surface area (Å²) in [6.45, 7) is 2.27. The second kappa shape index (κ2) is 17.8. The molecule has 0 spiro atoms. The highest BCUT2D eigenvalue weighted by atomic mass is 16.5. The van der Waals surface area contributed by atoms with Crippen molar-refractivity contribution in [2.45, 2.75) is 116 Å². The lowest BCUT2D eigenvalue weighted by Crippen LogP contribution is -2.08. The maximum Gasteiger partial charge on any atom is 0.305 e. The maximum absolute atomic E-state index is 11.0. The molecule has 0 aliphatic heterocycles. The molecule has 0 bridgehead atoms. The fraction of sp³-hybridized carbons (Fsp3) is 0.950. The number of carbonyl (C=O) groups is 1. The van der Waals surface area contributed by atoms with Crippen molar-refractivity contribution in [1.29, 1.82) is 0 Å². The molecule has 0 saturated heterocycles. The molecular weight excluding hydrogens is 288 g/mol. The molecule has 0 aromatic heterocycles. The molecule has 1 N–H and O–H groups in total. The smallest absolute Gasteiger partial charge is 0.305 e. The molecule has 1 atom stereocenters. The summed E-state index contributed by atoms with van der Waals surface area (Å²) in [5, 5.41) is 9.84.